The van der Waals surface area contributed by atoms with Crippen LogP contribution in [0.1, 0.15) is 19.3 Å². The van der Waals surface area contributed by atoms with Crippen molar-refractivity contribution in [1.29, 1.82) is 0 Å². The summed E-state index contributed by atoms with van der Waals surface area (Å²) in [4.78, 5) is 21.4. The minimum Gasteiger partial charge on any atom is -0.480 e. The first kappa shape index (κ1) is 13.9. The number of hydrogen-bond acceptors (Lipinski definition) is 4. The van der Waals surface area contributed by atoms with Crippen LogP contribution >= 0.6 is 0 Å². The second-order valence-electron chi connectivity index (χ2n) is 3.79. The van der Waals surface area contributed by atoms with Crippen molar-refractivity contribution in [3.8, 4) is 0 Å². The van der Waals surface area contributed by atoms with E-state index in [1.807, 2.05) is 4.72 Å². The standard InChI is InChI=1S/C8H15N3O5S/c9-7(12)5-6(8(13)14)10-17(15,16)11-3-1-2-4-11/h6,10H,1-5H2,(H2,9,12)(H,13,14)/t6-/m1/s1. The van der Waals surface area contributed by atoms with E-state index >= 15 is 0 Å². The van der Waals surface area contributed by atoms with Gasteiger partial charge in [0.15, 0.2) is 0 Å². The molecule has 1 rings (SSSR count). The van der Waals surface area contributed by atoms with E-state index in [-0.39, 0.29) is 0 Å². The van der Waals surface area contributed by atoms with Crippen LogP contribution in [0.25, 0.3) is 0 Å². The Balaban J connectivity index is 2.71. The highest BCUT2D eigenvalue weighted by Crippen LogP contribution is 2.12. The molecule has 0 unspecified atom stereocenters. The molecule has 0 saturated carbocycles. The molecule has 4 N–H and O–H groups in total. The van der Waals surface area contributed by atoms with Gasteiger partial charge in [0.05, 0.1) is 6.42 Å². The minimum absolute atomic E-state index is 0.359. The van der Waals surface area contributed by atoms with Gasteiger partial charge in [-0.05, 0) is 12.8 Å². The average molecular weight is 265 g/mol. The fourth-order valence-corrected chi connectivity index (χ4v) is 3.00. The molecule has 9 heteroatoms. The van der Waals surface area contributed by atoms with Crippen LogP contribution in [0.2, 0.25) is 0 Å². The molecule has 0 radical (unpaired) electrons. The van der Waals surface area contributed by atoms with Gasteiger partial charge in [-0.3, -0.25) is 9.59 Å². The molecule has 1 saturated heterocycles. The Hall–Kier alpha value is -1.19. The van der Waals surface area contributed by atoms with Gasteiger partial charge in [-0.15, -0.1) is 0 Å². The normalized spacial score (nSPS) is 19.1. The van der Waals surface area contributed by atoms with Gasteiger partial charge in [-0.25, -0.2) is 0 Å². The van der Waals surface area contributed by atoms with Gasteiger partial charge in [0.1, 0.15) is 6.04 Å². The van der Waals surface area contributed by atoms with Crippen LogP contribution in [0.3, 0.4) is 0 Å². The summed E-state index contributed by atoms with van der Waals surface area (Å²) in [7, 11) is -3.86. The molecule has 1 aliphatic heterocycles. The monoisotopic (exact) mass is 265 g/mol. The SMILES string of the molecule is NC(=O)C[C@@H](NS(=O)(=O)N1CCCC1)C(=O)O. The number of primary amides is 1. The van der Waals surface area contributed by atoms with Gasteiger partial charge in [-0.1, -0.05) is 0 Å². The summed E-state index contributed by atoms with van der Waals surface area (Å²) >= 11 is 0. The molecular formula is C8H15N3O5S. The number of carbonyl (C=O) groups is 2. The molecule has 0 aromatic carbocycles. The number of nitrogens with two attached hydrogens (primary N) is 1. The molecule has 0 aromatic rings. The maximum absolute atomic E-state index is 11.7. The first-order chi connectivity index (χ1) is 7.83. The maximum atomic E-state index is 11.7. The molecule has 1 amide bonds. The lowest BCUT2D eigenvalue weighted by atomic mass is 10.2. The Bertz CT molecular complexity index is 401. The number of nitrogens with one attached hydrogen (secondary N) is 1. The Morgan fingerprint density at radius 3 is 2.29 bits per heavy atom. The van der Waals surface area contributed by atoms with Crippen molar-refractivity contribution in [3.63, 3.8) is 0 Å². The first-order valence-electron chi connectivity index (χ1n) is 5.11. The zero-order valence-corrected chi connectivity index (χ0v) is 9.94. The van der Waals surface area contributed by atoms with Gasteiger partial charge in [0.25, 0.3) is 10.2 Å². The molecule has 8 nitrogen and oxygen atoms in total. The number of nitrogens with zero attached hydrogens (tertiary/aromatic N) is 1. The summed E-state index contributed by atoms with van der Waals surface area (Å²) < 4.78 is 26.6. The first-order valence-corrected chi connectivity index (χ1v) is 6.55. The van der Waals surface area contributed by atoms with E-state index in [1.54, 1.807) is 0 Å². The van der Waals surface area contributed by atoms with E-state index < -0.39 is 34.5 Å². The van der Waals surface area contributed by atoms with Crippen LogP contribution in [0.5, 0.6) is 0 Å². The third-order valence-electron chi connectivity index (χ3n) is 2.40. The third-order valence-corrected chi connectivity index (χ3v) is 4.03. The molecule has 98 valence electrons. The third kappa shape index (κ3) is 3.95. The molecule has 1 fully saturated rings. The van der Waals surface area contributed by atoms with Crippen LogP contribution in [-0.2, 0) is 19.8 Å². The van der Waals surface area contributed by atoms with Crippen LogP contribution in [0, 0.1) is 0 Å². The minimum atomic E-state index is -3.86. The Morgan fingerprint density at radius 2 is 1.88 bits per heavy atom. The van der Waals surface area contributed by atoms with Gasteiger partial charge in [0.2, 0.25) is 5.91 Å². The predicted octanol–water partition coefficient (Wildman–Crippen LogP) is -1.75. The second kappa shape index (κ2) is 5.43. The number of carboxylic acids is 1. The highest BCUT2D eigenvalue weighted by molar-refractivity contribution is 7.87. The number of carbonyl (C=O) groups excluding carboxylic acids is 1. The Morgan fingerprint density at radius 1 is 1.35 bits per heavy atom. The predicted molar refractivity (Wildman–Crippen MR) is 58.1 cm³/mol. The van der Waals surface area contributed by atoms with Crippen molar-refractivity contribution >= 4 is 22.1 Å². The van der Waals surface area contributed by atoms with Crippen LogP contribution in [0.15, 0.2) is 0 Å². The molecule has 0 aromatic heterocycles. The summed E-state index contributed by atoms with van der Waals surface area (Å²) in [5, 5.41) is 8.78. The zero-order valence-electron chi connectivity index (χ0n) is 9.13. The molecule has 0 bridgehead atoms. The van der Waals surface area contributed by atoms with E-state index in [2.05, 4.69) is 0 Å². The number of hydrogen-bond donors (Lipinski definition) is 3. The Kier molecular flexibility index (Phi) is 4.43. The summed E-state index contributed by atoms with van der Waals surface area (Å²) in [6.07, 6.45) is 0.922. The zero-order chi connectivity index (χ0) is 13.1. The molecule has 17 heavy (non-hydrogen) atoms. The van der Waals surface area contributed by atoms with Gasteiger partial charge in [-0.2, -0.15) is 17.4 Å². The van der Waals surface area contributed by atoms with Crippen molar-refractivity contribution in [3.05, 3.63) is 0 Å². The van der Waals surface area contributed by atoms with Crippen molar-refractivity contribution < 1.29 is 23.1 Å². The molecule has 1 heterocycles. The summed E-state index contributed by atoms with van der Waals surface area (Å²) in [6, 6.07) is -1.52. The van der Waals surface area contributed by atoms with Crippen molar-refractivity contribution in [2.24, 2.45) is 5.73 Å². The molecule has 0 aliphatic carbocycles. The van der Waals surface area contributed by atoms with E-state index in [0.29, 0.717) is 13.1 Å². The van der Waals surface area contributed by atoms with E-state index in [9.17, 15) is 18.0 Å². The lowest BCUT2D eigenvalue weighted by Crippen LogP contribution is -2.48. The number of amides is 1. The van der Waals surface area contributed by atoms with Gasteiger partial charge in [0, 0.05) is 13.1 Å². The fraction of sp³-hybridized carbons (Fsp3) is 0.750. The smallest absolute Gasteiger partial charge is 0.322 e. The lowest BCUT2D eigenvalue weighted by molar-refractivity contribution is -0.140. The quantitative estimate of drug-likeness (QED) is 0.524. The van der Waals surface area contributed by atoms with Gasteiger partial charge < -0.3 is 10.8 Å². The fourth-order valence-electron chi connectivity index (χ4n) is 1.56. The molecule has 1 atom stereocenters. The van der Waals surface area contributed by atoms with E-state index in [0.717, 1.165) is 17.1 Å². The highest BCUT2D eigenvalue weighted by Gasteiger charge is 2.31. The molecule has 1 aliphatic rings. The second-order valence-corrected chi connectivity index (χ2v) is 5.49. The highest BCUT2D eigenvalue weighted by atomic mass is 32.2. The molecular weight excluding hydrogens is 250 g/mol. The maximum Gasteiger partial charge on any atom is 0.322 e. The van der Waals surface area contributed by atoms with Crippen LogP contribution < -0.4 is 10.5 Å². The van der Waals surface area contributed by atoms with Gasteiger partial charge >= 0.3 is 5.97 Å². The van der Waals surface area contributed by atoms with Crippen LogP contribution in [-0.4, -0.2) is 48.8 Å². The number of rotatable bonds is 6. The van der Waals surface area contributed by atoms with Crippen molar-refractivity contribution in [2.75, 3.05) is 13.1 Å². The lowest BCUT2D eigenvalue weighted by Gasteiger charge is -2.19. The summed E-state index contributed by atoms with van der Waals surface area (Å²) in [6.45, 7) is 0.719. The molecule has 0 spiro atoms. The topological polar surface area (TPSA) is 130 Å². The average Bonchev–Trinajstić information content (AvgIpc) is 2.68. The van der Waals surface area contributed by atoms with E-state index in [1.165, 1.54) is 0 Å². The summed E-state index contributed by atoms with van der Waals surface area (Å²) in [5.74, 6) is -2.30. The summed E-state index contributed by atoms with van der Waals surface area (Å²) in [5.41, 5.74) is 4.85. The van der Waals surface area contributed by atoms with Crippen LogP contribution in [0.4, 0.5) is 0 Å². The Labute approximate surface area is 99.0 Å². The number of carboxylic acid groups (broad SMARTS) is 1. The van der Waals surface area contributed by atoms with Crippen molar-refractivity contribution in [1.82, 2.24) is 9.03 Å². The number of aliphatic carboxylic acids is 1. The van der Waals surface area contributed by atoms with Crippen molar-refractivity contribution in [2.45, 2.75) is 25.3 Å². The largest absolute Gasteiger partial charge is 0.480 e. The van der Waals surface area contributed by atoms with E-state index in [4.69, 9.17) is 10.8 Å².